The van der Waals surface area contributed by atoms with Crippen LogP contribution in [0.25, 0.3) is 0 Å². The monoisotopic (exact) mass is 346 g/mol. The molecule has 2 heterocycles. The number of carbonyl (C=O) groups excluding carboxylic acids is 1. The number of halogens is 1. The van der Waals surface area contributed by atoms with Gasteiger partial charge in [0.15, 0.2) is 0 Å². The van der Waals surface area contributed by atoms with E-state index in [0.717, 1.165) is 24.5 Å². The molecule has 5 nitrogen and oxygen atoms in total. The summed E-state index contributed by atoms with van der Waals surface area (Å²) >= 11 is 6.14. The number of aromatic nitrogens is 1. The van der Waals surface area contributed by atoms with E-state index in [1.165, 1.54) is 0 Å². The van der Waals surface area contributed by atoms with Crippen molar-refractivity contribution in [2.24, 2.45) is 0 Å². The van der Waals surface area contributed by atoms with Crippen molar-refractivity contribution in [2.75, 3.05) is 31.2 Å². The Hall–Kier alpha value is -2.11. The lowest BCUT2D eigenvalue weighted by atomic mass is 10.1. The van der Waals surface area contributed by atoms with E-state index in [-0.39, 0.29) is 0 Å². The lowest BCUT2D eigenvalue weighted by Crippen LogP contribution is -2.36. The van der Waals surface area contributed by atoms with Crippen LogP contribution in [-0.2, 0) is 9.47 Å². The molecular formula is C18H19ClN2O3. The Labute approximate surface area is 146 Å². The topological polar surface area (TPSA) is 51.7 Å². The van der Waals surface area contributed by atoms with Gasteiger partial charge in [-0.15, -0.1) is 0 Å². The normalized spacial score (nSPS) is 15.8. The first-order valence-electron chi connectivity index (χ1n) is 7.89. The van der Waals surface area contributed by atoms with Gasteiger partial charge in [-0.25, -0.2) is 9.78 Å². The predicted molar refractivity (Wildman–Crippen MR) is 92.6 cm³/mol. The maximum absolute atomic E-state index is 12.3. The van der Waals surface area contributed by atoms with Crippen LogP contribution in [-0.4, -0.2) is 37.3 Å². The highest BCUT2D eigenvalue weighted by Crippen LogP contribution is 2.26. The zero-order chi connectivity index (χ0) is 16.9. The standard InChI is InChI=1S/C18H19ClN2O3/c1-13(15-4-2-3-5-16(15)19)24-18(22)14-6-7-17(20-12-14)21-8-10-23-11-9-21/h2-7,12-13H,8-11H2,1H3. The summed E-state index contributed by atoms with van der Waals surface area (Å²) in [7, 11) is 0. The maximum atomic E-state index is 12.3. The molecule has 1 aromatic heterocycles. The second-order valence-electron chi connectivity index (χ2n) is 5.57. The van der Waals surface area contributed by atoms with Crippen LogP contribution < -0.4 is 4.90 Å². The summed E-state index contributed by atoms with van der Waals surface area (Å²) < 4.78 is 10.8. The zero-order valence-corrected chi connectivity index (χ0v) is 14.2. The van der Waals surface area contributed by atoms with Crippen molar-refractivity contribution in [3.63, 3.8) is 0 Å². The summed E-state index contributed by atoms with van der Waals surface area (Å²) in [4.78, 5) is 18.8. The first kappa shape index (κ1) is 16.7. The molecule has 3 rings (SSSR count). The summed E-state index contributed by atoms with van der Waals surface area (Å²) in [6, 6.07) is 10.9. The van der Waals surface area contributed by atoms with Gasteiger partial charge in [0.2, 0.25) is 0 Å². The van der Waals surface area contributed by atoms with Crippen LogP contribution in [0.4, 0.5) is 5.82 Å². The summed E-state index contributed by atoms with van der Waals surface area (Å²) in [6.07, 6.45) is 1.12. The van der Waals surface area contributed by atoms with Crippen LogP contribution >= 0.6 is 11.6 Å². The molecule has 0 radical (unpaired) electrons. The minimum atomic E-state index is -0.426. The molecule has 6 heteroatoms. The predicted octanol–water partition coefficient (Wildman–Crippen LogP) is 3.49. The fraction of sp³-hybridized carbons (Fsp3) is 0.333. The molecule has 1 fully saturated rings. The number of anilines is 1. The van der Waals surface area contributed by atoms with Crippen LogP contribution in [0.1, 0.15) is 28.9 Å². The van der Waals surface area contributed by atoms with E-state index in [1.54, 1.807) is 25.3 Å². The zero-order valence-electron chi connectivity index (χ0n) is 13.4. The SMILES string of the molecule is CC(OC(=O)c1ccc(N2CCOCC2)nc1)c1ccccc1Cl. The van der Waals surface area contributed by atoms with E-state index >= 15 is 0 Å². The fourth-order valence-electron chi connectivity index (χ4n) is 2.58. The average Bonchev–Trinajstić information content (AvgIpc) is 2.63. The molecule has 0 N–H and O–H groups in total. The number of esters is 1. The molecule has 0 saturated carbocycles. The second kappa shape index (κ2) is 7.64. The van der Waals surface area contributed by atoms with E-state index in [4.69, 9.17) is 21.1 Å². The van der Waals surface area contributed by atoms with Crippen molar-refractivity contribution < 1.29 is 14.3 Å². The Bertz CT molecular complexity index is 700. The van der Waals surface area contributed by atoms with Crippen molar-refractivity contribution in [3.05, 3.63) is 58.7 Å². The molecular weight excluding hydrogens is 328 g/mol. The van der Waals surface area contributed by atoms with Gasteiger partial charge >= 0.3 is 5.97 Å². The quantitative estimate of drug-likeness (QED) is 0.793. The van der Waals surface area contributed by atoms with E-state index in [2.05, 4.69) is 9.88 Å². The van der Waals surface area contributed by atoms with Crippen molar-refractivity contribution in [3.8, 4) is 0 Å². The number of ether oxygens (including phenoxy) is 2. The van der Waals surface area contributed by atoms with Crippen molar-refractivity contribution in [2.45, 2.75) is 13.0 Å². The molecule has 0 bridgehead atoms. The Balaban J connectivity index is 1.65. The van der Waals surface area contributed by atoms with Gasteiger partial charge in [-0.2, -0.15) is 0 Å². The molecule has 1 saturated heterocycles. The first-order valence-corrected chi connectivity index (χ1v) is 8.27. The minimum Gasteiger partial charge on any atom is -0.454 e. The molecule has 126 valence electrons. The number of pyridine rings is 1. The second-order valence-corrected chi connectivity index (χ2v) is 5.98. The summed E-state index contributed by atoms with van der Waals surface area (Å²) in [5.74, 6) is 0.428. The van der Waals surface area contributed by atoms with Crippen LogP contribution in [0.15, 0.2) is 42.6 Å². The van der Waals surface area contributed by atoms with Gasteiger partial charge in [0.05, 0.1) is 18.8 Å². The number of carbonyl (C=O) groups is 1. The fourth-order valence-corrected chi connectivity index (χ4v) is 2.87. The number of benzene rings is 1. The lowest BCUT2D eigenvalue weighted by Gasteiger charge is -2.27. The highest BCUT2D eigenvalue weighted by Gasteiger charge is 2.17. The number of hydrogen-bond donors (Lipinski definition) is 0. The highest BCUT2D eigenvalue weighted by atomic mass is 35.5. The Kier molecular flexibility index (Phi) is 5.33. The largest absolute Gasteiger partial charge is 0.454 e. The summed E-state index contributed by atoms with van der Waals surface area (Å²) in [5.41, 5.74) is 1.20. The van der Waals surface area contributed by atoms with E-state index < -0.39 is 12.1 Å². The molecule has 1 aliphatic rings. The molecule has 24 heavy (non-hydrogen) atoms. The molecule has 0 aliphatic carbocycles. The van der Waals surface area contributed by atoms with Crippen molar-refractivity contribution in [1.29, 1.82) is 0 Å². The van der Waals surface area contributed by atoms with Crippen LogP contribution in [0.3, 0.4) is 0 Å². The molecule has 0 spiro atoms. The first-order chi connectivity index (χ1) is 11.6. The summed E-state index contributed by atoms with van der Waals surface area (Å²) in [6.45, 7) is 4.80. The maximum Gasteiger partial charge on any atom is 0.340 e. The third-order valence-electron chi connectivity index (χ3n) is 3.95. The number of nitrogens with zero attached hydrogens (tertiary/aromatic N) is 2. The molecule has 1 atom stereocenters. The third-order valence-corrected chi connectivity index (χ3v) is 4.29. The van der Waals surface area contributed by atoms with E-state index in [1.807, 2.05) is 24.3 Å². The Morgan fingerprint density at radius 1 is 1.25 bits per heavy atom. The van der Waals surface area contributed by atoms with Gasteiger partial charge in [0.1, 0.15) is 11.9 Å². The molecule has 1 aliphatic heterocycles. The average molecular weight is 347 g/mol. The number of rotatable bonds is 4. The van der Waals surface area contributed by atoms with Crippen molar-refractivity contribution >= 4 is 23.4 Å². The minimum absolute atomic E-state index is 0.413. The van der Waals surface area contributed by atoms with Crippen LogP contribution in [0, 0.1) is 0 Å². The molecule has 0 amide bonds. The van der Waals surface area contributed by atoms with Crippen molar-refractivity contribution in [1.82, 2.24) is 4.98 Å². The van der Waals surface area contributed by atoms with E-state index in [9.17, 15) is 4.79 Å². The number of hydrogen-bond acceptors (Lipinski definition) is 5. The third kappa shape index (κ3) is 3.86. The van der Waals surface area contributed by atoms with Crippen LogP contribution in [0.2, 0.25) is 5.02 Å². The van der Waals surface area contributed by atoms with Gasteiger partial charge in [0, 0.05) is 29.9 Å². The van der Waals surface area contributed by atoms with E-state index in [0.29, 0.717) is 23.8 Å². The van der Waals surface area contributed by atoms with Gasteiger partial charge in [0.25, 0.3) is 0 Å². The summed E-state index contributed by atoms with van der Waals surface area (Å²) in [5, 5.41) is 0.582. The Morgan fingerprint density at radius 3 is 2.67 bits per heavy atom. The lowest BCUT2D eigenvalue weighted by molar-refractivity contribution is 0.0337. The number of morpholine rings is 1. The molecule has 1 unspecified atom stereocenters. The Morgan fingerprint density at radius 2 is 2.00 bits per heavy atom. The molecule has 1 aromatic carbocycles. The van der Waals surface area contributed by atoms with Crippen LogP contribution in [0.5, 0.6) is 0 Å². The van der Waals surface area contributed by atoms with Gasteiger partial charge < -0.3 is 14.4 Å². The van der Waals surface area contributed by atoms with Gasteiger partial charge in [-0.1, -0.05) is 29.8 Å². The smallest absolute Gasteiger partial charge is 0.340 e. The van der Waals surface area contributed by atoms with Gasteiger partial charge in [-0.3, -0.25) is 0 Å². The molecule has 2 aromatic rings. The highest BCUT2D eigenvalue weighted by molar-refractivity contribution is 6.31. The van der Waals surface area contributed by atoms with Gasteiger partial charge in [-0.05, 0) is 25.1 Å².